The molecule has 0 radical (unpaired) electrons. The zero-order valence-electron chi connectivity index (χ0n) is 15.4. The van der Waals surface area contributed by atoms with E-state index in [0.717, 1.165) is 29.0 Å². The molecule has 3 rings (SSSR count). The van der Waals surface area contributed by atoms with Crippen molar-refractivity contribution >= 4 is 34.9 Å². The summed E-state index contributed by atoms with van der Waals surface area (Å²) in [7, 11) is 0. The molecule has 0 atom stereocenters. The first-order valence-corrected chi connectivity index (χ1v) is 10.1. The molecular formula is C20H24N4O2S. The lowest BCUT2D eigenvalue weighted by Crippen LogP contribution is -2.16. The number of nitrogens with zero attached hydrogens (tertiary/aromatic N) is 2. The minimum Gasteiger partial charge on any atom is -0.448 e. The second-order valence-corrected chi connectivity index (χ2v) is 7.27. The summed E-state index contributed by atoms with van der Waals surface area (Å²) < 4.78 is 5.69. The number of hydrogen-bond donors (Lipinski definition) is 2. The third-order valence-electron chi connectivity index (χ3n) is 4.06. The van der Waals surface area contributed by atoms with Gasteiger partial charge in [0.2, 0.25) is 5.91 Å². The number of imidazole rings is 1. The number of unbranched alkanes of at least 4 members (excludes halogenated alkanes) is 4. The summed E-state index contributed by atoms with van der Waals surface area (Å²) in [6.45, 7) is 2.18. The highest BCUT2D eigenvalue weighted by molar-refractivity contribution is 7.99. The minimum absolute atomic E-state index is 0.0637. The molecule has 1 amide bonds. The minimum atomic E-state index is -0.0637. The Labute approximate surface area is 162 Å². The van der Waals surface area contributed by atoms with E-state index in [0.29, 0.717) is 17.3 Å². The normalized spacial score (nSPS) is 11.4. The first-order chi connectivity index (χ1) is 13.2. The van der Waals surface area contributed by atoms with Gasteiger partial charge < -0.3 is 9.40 Å². The summed E-state index contributed by atoms with van der Waals surface area (Å²) in [6, 6.07) is 11.5. The van der Waals surface area contributed by atoms with E-state index >= 15 is 0 Å². The van der Waals surface area contributed by atoms with Crippen LogP contribution in [0.3, 0.4) is 0 Å². The Bertz CT molecular complexity index is 867. The van der Waals surface area contributed by atoms with Crippen LogP contribution in [0, 0.1) is 0 Å². The molecule has 0 saturated carbocycles. The van der Waals surface area contributed by atoms with Gasteiger partial charge in [0.15, 0.2) is 10.2 Å². The lowest BCUT2D eigenvalue weighted by molar-refractivity contribution is -0.121. The standard InChI is InChI=1S/C20H24N4O2S/c1-2-3-4-5-6-11-18(25)24-21-14-15-12-13-19(26-15)27-20-22-16-9-7-8-10-17(16)23-20/h7-10,12-14H,2-6,11H2,1H3,(H,22,23)(H,24,25). The fraction of sp³-hybridized carbons (Fsp3) is 0.350. The van der Waals surface area contributed by atoms with Gasteiger partial charge in [0.25, 0.3) is 0 Å². The molecule has 7 heteroatoms. The number of benzene rings is 1. The van der Waals surface area contributed by atoms with Crippen LogP contribution in [0.4, 0.5) is 0 Å². The molecule has 142 valence electrons. The first kappa shape index (κ1) is 19.2. The van der Waals surface area contributed by atoms with Gasteiger partial charge in [0, 0.05) is 6.42 Å². The van der Waals surface area contributed by atoms with Crippen molar-refractivity contribution in [3.63, 3.8) is 0 Å². The van der Waals surface area contributed by atoms with Crippen molar-refractivity contribution in [1.29, 1.82) is 0 Å². The van der Waals surface area contributed by atoms with E-state index in [-0.39, 0.29) is 5.91 Å². The monoisotopic (exact) mass is 384 g/mol. The predicted octanol–water partition coefficient (Wildman–Crippen LogP) is 5.12. The summed E-state index contributed by atoms with van der Waals surface area (Å²) in [5, 5.41) is 5.44. The quantitative estimate of drug-likeness (QED) is 0.289. The molecule has 0 aliphatic rings. The van der Waals surface area contributed by atoms with Gasteiger partial charge in [0.05, 0.1) is 17.2 Å². The molecule has 0 bridgehead atoms. The van der Waals surface area contributed by atoms with Gasteiger partial charge in [-0.25, -0.2) is 10.4 Å². The number of para-hydroxylation sites is 2. The predicted molar refractivity (Wildman–Crippen MR) is 108 cm³/mol. The van der Waals surface area contributed by atoms with Gasteiger partial charge in [-0.1, -0.05) is 44.7 Å². The molecule has 1 aromatic carbocycles. The van der Waals surface area contributed by atoms with Gasteiger partial charge in [-0.05, 0) is 42.4 Å². The number of aromatic amines is 1. The number of carbonyl (C=O) groups is 1. The van der Waals surface area contributed by atoms with Crippen molar-refractivity contribution in [2.75, 3.05) is 0 Å². The van der Waals surface area contributed by atoms with Crippen LogP contribution in [0.5, 0.6) is 0 Å². The number of rotatable bonds is 10. The highest BCUT2D eigenvalue weighted by Gasteiger charge is 2.07. The van der Waals surface area contributed by atoms with E-state index in [1.54, 1.807) is 0 Å². The van der Waals surface area contributed by atoms with Crippen LogP contribution in [0.25, 0.3) is 11.0 Å². The first-order valence-electron chi connectivity index (χ1n) is 9.29. The average Bonchev–Trinajstić information content (AvgIpc) is 3.28. The molecule has 0 fully saturated rings. The van der Waals surface area contributed by atoms with Crippen molar-refractivity contribution in [3.8, 4) is 0 Å². The fourth-order valence-electron chi connectivity index (χ4n) is 2.64. The molecule has 6 nitrogen and oxygen atoms in total. The van der Waals surface area contributed by atoms with Crippen LogP contribution in [-0.4, -0.2) is 22.1 Å². The molecule has 0 saturated heterocycles. The van der Waals surface area contributed by atoms with E-state index in [1.807, 2.05) is 36.4 Å². The summed E-state index contributed by atoms with van der Waals surface area (Å²) >= 11 is 1.41. The maximum atomic E-state index is 11.7. The molecule has 2 aromatic heterocycles. The van der Waals surface area contributed by atoms with E-state index in [2.05, 4.69) is 27.4 Å². The summed E-state index contributed by atoms with van der Waals surface area (Å²) in [5.41, 5.74) is 4.46. The van der Waals surface area contributed by atoms with E-state index in [4.69, 9.17) is 4.42 Å². The highest BCUT2D eigenvalue weighted by atomic mass is 32.2. The highest BCUT2D eigenvalue weighted by Crippen LogP contribution is 2.28. The number of H-pyrrole nitrogens is 1. The fourth-order valence-corrected chi connectivity index (χ4v) is 3.41. The Morgan fingerprint density at radius 1 is 1.22 bits per heavy atom. The number of nitrogens with one attached hydrogen (secondary N) is 2. The molecule has 27 heavy (non-hydrogen) atoms. The molecule has 2 N–H and O–H groups in total. The molecule has 0 unspecified atom stereocenters. The third-order valence-corrected chi connectivity index (χ3v) is 4.86. The van der Waals surface area contributed by atoms with E-state index in [9.17, 15) is 4.79 Å². The summed E-state index contributed by atoms with van der Waals surface area (Å²) in [6.07, 6.45) is 7.63. The topological polar surface area (TPSA) is 83.3 Å². The van der Waals surface area contributed by atoms with Crippen molar-refractivity contribution in [2.24, 2.45) is 5.10 Å². The van der Waals surface area contributed by atoms with Gasteiger partial charge in [-0.3, -0.25) is 4.79 Å². The Balaban J connectivity index is 1.44. The van der Waals surface area contributed by atoms with Crippen molar-refractivity contribution < 1.29 is 9.21 Å². The number of aromatic nitrogens is 2. The SMILES string of the molecule is CCCCCCCC(=O)NN=Cc1ccc(Sc2nc3ccccc3[nH]2)o1. The number of hydrogen-bond acceptors (Lipinski definition) is 5. The molecular weight excluding hydrogens is 360 g/mol. The maximum Gasteiger partial charge on any atom is 0.240 e. The third kappa shape index (κ3) is 5.99. The molecule has 3 aromatic rings. The van der Waals surface area contributed by atoms with Crippen LogP contribution >= 0.6 is 11.8 Å². The molecule has 0 aliphatic carbocycles. The van der Waals surface area contributed by atoms with Crippen LogP contribution in [0.1, 0.15) is 51.2 Å². The van der Waals surface area contributed by atoms with Gasteiger partial charge in [-0.15, -0.1) is 0 Å². The number of fused-ring (bicyclic) bond motifs is 1. The van der Waals surface area contributed by atoms with Gasteiger partial charge in [-0.2, -0.15) is 5.10 Å². The molecule has 2 heterocycles. The average molecular weight is 385 g/mol. The Morgan fingerprint density at radius 2 is 2.07 bits per heavy atom. The lowest BCUT2D eigenvalue weighted by Gasteiger charge is -1.99. The zero-order chi connectivity index (χ0) is 18.9. The maximum absolute atomic E-state index is 11.7. The van der Waals surface area contributed by atoms with Crippen LogP contribution < -0.4 is 5.43 Å². The van der Waals surface area contributed by atoms with Gasteiger partial charge >= 0.3 is 0 Å². The zero-order valence-corrected chi connectivity index (χ0v) is 16.2. The summed E-state index contributed by atoms with van der Waals surface area (Å²) in [4.78, 5) is 19.5. The smallest absolute Gasteiger partial charge is 0.240 e. The largest absolute Gasteiger partial charge is 0.448 e. The number of hydrazone groups is 1. The molecule has 0 spiro atoms. The van der Waals surface area contributed by atoms with E-state index < -0.39 is 0 Å². The van der Waals surface area contributed by atoms with Crippen LogP contribution in [0.2, 0.25) is 0 Å². The van der Waals surface area contributed by atoms with Crippen molar-refractivity contribution in [1.82, 2.24) is 15.4 Å². The van der Waals surface area contributed by atoms with Gasteiger partial charge in [0.1, 0.15) is 5.76 Å². The second-order valence-electron chi connectivity index (χ2n) is 6.28. The Morgan fingerprint density at radius 3 is 2.93 bits per heavy atom. The number of amides is 1. The summed E-state index contributed by atoms with van der Waals surface area (Å²) in [5.74, 6) is 0.517. The number of carbonyl (C=O) groups excluding carboxylic acids is 1. The lowest BCUT2D eigenvalue weighted by atomic mass is 10.1. The van der Waals surface area contributed by atoms with Crippen molar-refractivity contribution in [3.05, 3.63) is 42.2 Å². The van der Waals surface area contributed by atoms with Crippen LogP contribution in [-0.2, 0) is 4.79 Å². The molecule has 0 aliphatic heterocycles. The Kier molecular flexibility index (Phi) is 7.10. The number of furan rings is 1. The van der Waals surface area contributed by atoms with Crippen LogP contribution in [0.15, 0.2) is 56.2 Å². The van der Waals surface area contributed by atoms with E-state index in [1.165, 1.54) is 37.2 Å². The van der Waals surface area contributed by atoms with Crippen molar-refractivity contribution in [2.45, 2.75) is 55.7 Å². The Hall–Kier alpha value is -2.54. The second kappa shape index (κ2) is 9.97.